The van der Waals surface area contributed by atoms with Crippen LogP contribution in [0.4, 0.5) is 0 Å². The Labute approximate surface area is 143 Å². The second-order valence-corrected chi connectivity index (χ2v) is 7.55. The van der Waals surface area contributed by atoms with Crippen molar-refractivity contribution in [3.8, 4) is 11.5 Å². The summed E-state index contributed by atoms with van der Waals surface area (Å²) in [6, 6.07) is 4.17. The van der Waals surface area contributed by atoms with Gasteiger partial charge >= 0.3 is 0 Å². The number of ketones is 1. The van der Waals surface area contributed by atoms with E-state index in [2.05, 4.69) is 4.90 Å². The van der Waals surface area contributed by atoms with Gasteiger partial charge in [0.25, 0.3) is 0 Å². The summed E-state index contributed by atoms with van der Waals surface area (Å²) in [5, 5.41) is 10.1. The smallest absolute Gasteiger partial charge is 0.161 e. The molecule has 0 spiro atoms. The van der Waals surface area contributed by atoms with Crippen molar-refractivity contribution >= 4 is 5.78 Å². The molecule has 0 aliphatic carbocycles. The first-order valence-electron chi connectivity index (χ1n) is 8.56. The minimum atomic E-state index is -0.808. The highest BCUT2D eigenvalue weighted by Gasteiger charge is 2.40. The Hall–Kier alpha value is -1.59. The van der Waals surface area contributed by atoms with Crippen LogP contribution in [-0.4, -0.2) is 48.7 Å². The number of Topliss-reactive ketones (excluding diaryl/α,β-unsaturated/α-hetero) is 1. The highest BCUT2D eigenvalue weighted by atomic mass is 16.5. The number of methoxy groups -OCH3 is 2. The zero-order chi connectivity index (χ0) is 17.5. The van der Waals surface area contributed by atoms with E-state index < -0.39 is 5.60 Å². The van der Waals surface area contributed by atoms with Crippen molar-refractivity contribution < 1.29 is 19.4 Å². The first-order chi connectivity index (χ1) is 11.3. The van der Waals surface area contributed by atoms with E-state index in [0.717, 1.165) is 25.3 Å². The Bertz CT molecular complexity index is 635. The highest BCUT2D eigenvalue weighted by Crippen LogP contribution is 2.42. The van der Waals surface area contributed by atoms with E-state index in [1.165, 1.54) is 11.1 Å². The van der Waals surface area contributed by atoms with Gasteiger partial charge in [-0.25, -0.2) is 0 Å². The lowest BCUT2D eigenvalue weighted by molar-refractivity contribution is -0.131. The van der Waals surface area contributed by atoms with Gasteiger partial charge in [0.2, 0.25) is 0 Å². The Kier molecular flexibility index (Phi) is 4.58. The minimum Gasteiger partial charge on any atom is -0.493 e. The molecule has 2 aliphatic rings. The summed E-state index contributed by atoms with van der Waals surface area (Å²) in [6.07, 6.45) is 1.96. The molecule has 0 radical (unpaired) electrons. The van der Waals surface area contributed by atoms with E-state index in [9.17, 15) is 9.90 Å². The van der Waals surface area contributed by atoms with Gasteiger partial charge in [-0.1, -0.05) is 0 Å². The molecule has 5 heteroatoms. The third kappa shape index (κ3) is 3.28. The van der Waals surface area contributed by atoms with Crippen LogP contribution in [0.15, 0.2) is 12.1 Å². The molecular formula is C19H27NO4. The summed E-state index contributed by atoms with van der Waals surface area (Å²) in [6.45, 7) is 5.20. The number of carbonyl (C=O) groups is 1. The molecule has 0 bridgehead atoms. The second-order valence-electron chi connectivity index (χ2n) is 7.55. The third-order valence-electron chi connectivity index (χ3n) is 5.16. The van der Waals surface area contributed by atoms with Crippen LogP contribution in [0.25, 0.3) is 0 Å². The Morgan fingerprint density at radius 2 is 1.92 bits per heavy atom. The lowest BCUT2D eigenvalue weighted by Crippen LogP contribution is -2.47. The summed E-state index contributed by atoms with van der Waals surface area (Å²) in [5.74, 6) is 1.62. The monoisotopic (exact) mass is 333 g/mol. The molecule has 3 rings (SSSR count). The standard InChI is InChI=1S/C19H27NO4/c1-19(2,22)10-13-11-20-6-5-12-7-17(23-3)18(24-4)8-14(12)15(20)9-16(13)21/h7-8,13,15,22H,5-6,9-11H2,1-4H3/t13-,15-/m0/s1. The van der Waals surface area contributed by atoms with E-state index >= 15 is 0 Å². The fourth-order valence-electron chi connectivity index (χ4n) is 4.06. The van der Waals surface area contributed by atoms with Crippen molar-refractivity contribution in [3.05, 3.63) is 23.3 Å². The molecule has 2 heterocycles. The fraction of sp³-hybridized carbons (Fsp3) is 0.632. The number of nitrogens with zero attached hydrogens (tertiary/aromatic N) is 1. The maximum Gasteiger partial charge on any atom is 0.161 e. The van der Waals surface area contributed by atoms with E-state index in [1.807, 2.05) is 12.1 Å². The molecule has 0 unspecified atom stereocenters. The molecule has 1 aromatic carbocycles. The van der Waals surface area contributed by atoms with Crippen LogP contribution in [-0.2, 0) is 11.2 Å². The Morgan fingerprint density at radius 3 is 2.54 bits per heavy atom. The van der Waals surface area contributed by atoms with Crippen LogP contribution in [0, 0.1) is 5.92 Å². The largest absolute Gasteiger partial charge is 0.493 e. The van der Waals surface area contributed by atoms with Gasteiger partial charge in [0.05, 0.1) is 19.8 Å². The molecule has 2 aliphatic heterocycles. The first-order valence-corrected chi connectivity index (χ1v) is 8.56. The van der Waals surface area contributed by atoms with Crippen LogP contribution < -0.4 is 9.47 Å². The summed E-state index contributed by atoms with van der Waals surface area (Å²) in [4.78, 5) is 15.0. The number of rotatable bonds is 4. The summed E-state index contributed by atoms with van der Waals surface area (Å²) < 4.78 is 10.8. The average Bonchev–Trinajstić information content (AvgIpc) is 2.53. The van der Waals surface area contributed by atoms with E-state index in [1.54, 1.807) is 28.1 Å². The van der Waals surface area contributed by atoms with Crippen molar-refractivity contribution in [2.24, 2.45) is 5.92 Å². The zero-order valence-electron chi connectivity index (χ0n) is 15.0. The van der Waals surface area contributed by atoms with Crippen molar-refractivity contribution in [3.63, 3.8) is 0 Å². The first kappa shape index (κ1) is 17.2. The number of hydrogen-bond donors (Lipinski definition) is 1. The van der Waals surface area contributed by atoms with Crippen LogP contribution in [0.3, 0.4) is 0 Å². The van der Waals surface area contributed by atoms with Crippen LogP contribution in [0.1, 0.15) is 43.9 Å². The van der Waals surface area contributed by atoms with Crippen molar-refractivity contribution in [2.75, 3.05) is 27.3 Å². The summed E-state index contributed by atoms with van der Waals surface area (Å²) in [5.41, 5.74) is 1.61. The van der Waals surface area contributed by atoms with Gasteiger partial charge in [-0.05, 0) is 49.9 Å². The zero-order valence-corrected chi connectivity index (χ0v) is 15.0. The Morgan fingerprint density at radius 1 is 1.25 bits per heavy atom. The molecule has 24 heavy (non-hydrogen) atoms. The third-order valence-corrected chi connectivity index (χ3v) is 5.16. The Balaban J connectivity index is 1.87. The highest BCUT2D eigenvalue weighted by molar-refractivity contribution is 5.83. The predicted octanol–water partition coefficient (Wildman–Crippen LogP) is 2.35. The molecule has 1 fully saturated rings. The topological polar surface area (TPSA) is 59.0 Å². The number of ether oxygens (including phenoxy) is 2. The molecule has 5 nitrogen and oxygen atoms in total. The van der Waals surface area contributed by atoms with Gasteiger partial charge in [-0.15, -0.1) is 0 Å². The average molecular weight is 333 g/mol. The van der Waals surface area contributed by atoms with Gasteiger partial charge in [0, 0.05) is 31.5 Å². The molecule has 1 saturated heterocycles. The van der Waals surface area contributed by atoms with Crippen molar-refractivity contribution in [1.29, 1.82) is 0 Å². The SMILES string of the molecule is COc1cc2c(cc1OC)[C@@H]1CC(=O)[C@@H](CC(C)(C)O)CN1CC2. The molecule has 0 amide bonds. The molecular weight excluding hydrogens is 306 g/mol. The van der Waals surface area contributed by atoms with Gasteiger partial charge in [0.15, 0.2) is 11.5 Å². The normalized spacial score (nSPS) is 24.3. The minimum absolute atomic E-state index is 0.0806. The van der Waals surface area contributed by atoms with Gasteiger partial charge in [0.1, 0.15) is 5.78 Å². The van der Waals surface area contributed by atoms with Crippen LogP contribution in [0.5, 0.6) is 11.5 Å². The van der Waals surface area contributed by atoms with Crippen molar-refractivity contribution in [1.82, 2.24) is 4.90 Å². The van der Waals surface area contributed by atoms with Crippen molar-refractivity contribution in [2.45, 2.75) is 44.8 Å². The van der Waals surface area contributed by atoms with Gasteiger partial charge in [-0.3, -0.25) is 9.69 Å². The second kappa shape index (κ2) is 6.37. The number of carbonyl (C=O) groups excluding carboxylic acids is 1. The quantitative estimate of drug-likeness (QED) is 0.916. The van der Waals surface area contributed by atoms with Crippen LogP contribution >= 0.6 is 0 Å². The summed E-state index contributed by atoms with van der Waals surface area (Å²) in [7, 11) is 3.28. The fourth-order valence-corrected chi connectivity index (χ4v) is 4.06. The molecule has 1 N–H and O–H groups in total. The molecule has 132 valence electrons. The molecule has 0 saturated carbocycles. The number of fused-ring (bicyclic) bond motifs is 3. The van der Waals surface area contributed by atoms with Gasteiger partial charge in [-0.2, -0.15) is 0 Å². The van der Waals surface area contributed by atoms with E-state index in [4.69, 9.17) is 9.47 Å². The van der Waals surface area contributed by atoms with E-state index in [0.29, 0.717) is 18.6 Å². The van der Waals surface area contributed by atoms with Gasteiger partial charge < -0.3 is 14.6 Å². The number of benzene rings is 1. The number of aliphatic hydroxyl groups is 1. The molecule has 1 aromatic rings. The summed E-state index contributed by atoms with van der Waals surface area (Å²) >= 11 is 0. The number of piperidine rings is 1. The number of hydrogen-bond acceptors (Lipinski definition) is 5. The predicted molar refractivity (Wildman–Crippen MR) is 91.6 cm³/mol. The lowest BCUT2D eigenvalue weighted by Gasteiger charge is -2.44. The molecule has 2 atom stereocenters. The maximum atomic E-state index is 12.6. The van der Waals surface area contributed by atoms with E-state index in [-0.39, 0.29) is 17.7 Å². The lowest BCUT2D eigenvalue weighted by atomic mass is 9.79. The van der Waals surface area contributed by atoms with Crippen LogP contribution in [0.2, 0.25) is 0 Å². The maximum absolute atomic E-state index is 12.6. The molecule has 0 aromatic heterocycles.